The molecular weight excluding hydrogens is 126 g/mol. The van der Waals surface area contributed by atoms with E-state index in [2.05, 4.69) is 36.8 Å². The average Bonchev–Trinajstić information content (AvgIpc) is 1.87. The van der Waals surface area contributed by atoms with E-state index in [1.807, 2.05) is 0 Å². The molecule has 3 nitrogen and oxygen atoms in total. The van der Waals surface area contributed by atoms with Crippen molar-refractivity contribution in [1.29, 1.82) is 0 Å². The molecule has 3 heteroatoms. The Morgan fingerprint density at radius 2 is 1.90 bits per heavy atom. The zero-order chi connectivity index (χ0) is 7.82. The van der Waals surface area contributed by atoms with Crippen molar-refractivity contribution < 1.29 is 0 Å². The Morgan fingerprint density at radius 3 is 2.40 bits per heavy atom. The lowest BCUT2D eigenvalue weighted by molar-refractivity contribution is 0.387. The Labute approximate surface area is 63.8 Å². The lowest BCUT2D eigenvalue weighted by Crippen LogP contribution is -2.33. The van der Waals surface area contributed by atoms with Crippen LogP contribution < -0.4 is 10.9 Å². The maximum atomic E-state index is 3.11. The lowest BCUT2D eigenvalue weighted by atomic mass is 10.4. The average molecular weight is 145 g/mol. The largest absolute Gasteiger partial charge is 0.309 e. The minimum Gasteiger partial charge on any atom is -0.309 e. The normalized spacial score (nSPS) is 10.8. The van der Waals surface area contributed by atoms with Gasteiger partial charge in [-0.25, -0.2) is 0 Å². The smallest absolute Gasteiger partial charge is 0.0112 e. The van der Waals surface area contributed by atoms with Crippen LogP contribution in [-0.4, -0.2) is 38.6 Å². The van der Waals surface area contributed by atoms with Gasteiger partial charge in [0, 0.05) is 13.1 Å². The lowest BCUT2D eigenvalue weighted by Gasteiger charge is -2.09. The van der Waals surface area contributed by atoms with Crippen molar-refractivity contribution in [2.75, 3.05) is 33.7 Å². The van der Waals surface area contributed by atoms with Crippen LogP contribution >= 0.6 is 0 Å². The van der Waals surface area contributed by atoms with Crippen molar-refractivity contribution >= 4 is 0 Å². The summed E-state index contributed by atoms with van der Waals surface area (Å²) in [6.07, 6.45) is 1.19. The van der Waals surface area contributed by atoms with Gasteiger partial charge in [-0.15, -0.1) is 0 Å². The van der Waals surface area contributed by atoms with Gasteiger partial charge in [0.15, 0.2) is 0 Å². The standard InChI is InChI=1S/C7H19N3/c1-4-8-9-6-5-7-10(2)3/h8-9H,4-7H2,1-3H3. The number of nitrogens with zero attached hydrogens (tertiary/aromatic N) is 1. The summed E-state index contributed by atoms with van der Waals surface area (Å²) >= 11 is 0. The van der Waals surface area contributed by atoms with Gasteiger partial charge in [0.2, 0.25) is 0 Å². The molecule has 0 saturated carbocycles. The van der Waals surface area contributed by atoms with Crippen molar-refractivity contribution in [2.24, 2.45) is 0 Å². The maximum Gasteiger partial charge on any atom is 0.0112 e. The third kappa shape index (κ3) is 7.88. The van der Waals surface area contributed by atoms with Crippen LogP contribution in [0.5, 0.6) is 0 Å². The van der Waals surface area contributed by atoms with Crippen molar-refractivity contribution in [1.82, 2.24) is 15.8 Å². The van der Waals surface area contributed by atoms with E-state index in [1.165, 1.54) is 6.42 Å². The zero-order valence-electron chi connectivity index (χ0n) is 7.28. The van der Waals surface area contributed by atoms with E-state index in [0.29, 0.717) is 0 Å². The summed E-state index contributed by atoms with van der Waals surface area (Å²) < 4.78 is 0. The Bertz CT molecular complexity index is 63.9. The molecule has 0 rings (SSSR count). The van der Waals surface area contributed by atoms with Crippen LogP contribution in [0.4, 0.5) is 0 Å². The molecule has 0 aliphatic carbocycles. The maximum absolute atomic E-state index is 3.11. The van der Waals surface area contributed by atoms with Crippen LogP contribution in [0, 0.1) is 0 Å². The van der Waals surface area contributed by atoms with Crippen LogP contribution in [-0.2, 0) is 0 Å². The van der Waals surface area contributed by atoms with E-state index >= 15 is 0 Å². The Balaban J connectivity index is 2.77. The van der Waals surface area contributed by atoms with Gasteiger partial charge in [-0.2, -0.15) is 0 Å². The predicted octanol–water partition coefficient (Wildman–Crippen LogP) is 0.0522. The van der Waals surface area contributed by atoms with Gasteiger partial charge in [-0.3, -0.25) is 10.9 Å². The highest BCUT2D eigenvalue weighted by molar-refractivity contribution is 4.45. The zero-order valence-corrected chi connectivity index (χ0v) is 7.28. The molecule has 10 heavy (non-hydrogen) atoms. The van der Waals surface area contributed by atoms with Crippen molar-refractivity contribution in [2.45, 2.75) is 13.3 Å². The van der Waals surface area contributed by atoms with E-state index in [0.717, 1.165) is 19.6 Å². The van der Waals surface area contributed by atoms with Gasteiger partial charge in [-0.05, 0) is 27.1 Å². The highest BCUT2D eigenvalue weighted by atomic mass is 15.3. The summed E-state index contributed by atoms with van der Waals surface area (Å²) in [6.45, 7) is 5.27. The van der Waals surface area contributed by atoms with Crippen molar-refractivity contribution in [3.63, 3.8) is 0 Å². The minimum absolute atomic E-state index is 0.988. The van der Waals surface area contributed by atoms with Crippen LogP contribution in [0.15, 0.2) is 0 Å². The van der Waals surface area contributed by atoms with E-state index in [-0.39, 0.29) is 0 Å². The van der Waals surface area contributed by atoms with Gasteiger partial charge < -0.3 is 4.90 Å². The van der Waals surface area contributed by atoms with Crippen molar-refractivity contribution in [3.8, 4) is 0 Å². The molecule has 0 aliphatic rings. The summed E-state index contributed by atoms with van der Waals surface area (Å²) in [5, 5.41) is 0. The fraction of sp³-hybridized carbons (Fsp3) is 1.00. The third-order valence-corrected chi connectivity index (χ3v) is 1.21. The monoisotopic (exact) mass is 145 g/mol. The first kappa shape index (κ1) is 9.88. The summed E-state index contributed by atoms with van der Waals surface area (Å²) in [5.41, 5.74) is 6.17. The van der Waals surface area contributed by atoms with Gasteiger partial charge in [0.05, 0.1) is 0 Å². The fourth-order valence-electron chi connectivity index (χ4n) is 0.697. The van der Waals surface area contributed by atoms with Crippen LogP contribution in [0.3, 0.4) is 0 Å². The second-order valence-corrected chi connectivity index (χ2v) is 2.61. The summed E-state index contributed by atoms with van der Waals surface area (Å²) in [7, 11) is 4.18. The number of hydrogen-bond donors (Lipinski definition) is 2. The highest BCUT2D eigenvalue weighted by Crippen LogP contribution is 1.78. The molecule has 2 N–H and O–H groups in total. The molecule has 0 bridgehead atoms. The topological polar surface area (TPSA) is 27.3 Å². The first-order valence-corrected chi connectivity index (χ1v) is 3.87. The minimum atomic E-state index is 0.988. The molecule has 0 aromatic heterocycles. The van der Waals surface area contributed by atoms with E-state index in [9.17, 15) is 0 Å². The molecule has 0 unspecified atom stereocenters. The van der Waals surface area contributed by atoms with Gasteiger partial charge in [-0.1, -0.05) is 6.92 Å². The Morgan fingerprint density at radius 1 is 1.20 bits per heavy atom. The summed E-state index contributed by atoms with van der Waals surface area (Å²) in [5.74, 6) is 0. The summed E-state index contributed by atoms with van der Waals surface area (Å²) in [6, 6.07) is 0. The Hall–Kier alpha value is -0.120. The molecule has 0 atom stereocenters. The van der Waals surface area contributed by atoms with Gasteiger partial charge in [0.1, 0.15) is 0 Å². The molecule has 0 aliphatic heterocycles. The molecular formula is C7H19N3. The van der Waals surface area contributed by atoms with E-state index in [1.54, 1.807) is 0 Å². The van der Waals surface area contributed by atoms with E-state index in [4.69, 9.17) is 0 Å². The molecule has 0 amide bonds. The number of hydrogen-bond acceptors (Lipinski definition) is 3. The highest BCUT2D eigenvalue weighted by Gasteiger charge is 1.88. The molecule has 0 aromatic carbocycles. The number of nitrogens with one attached hydrogen (secondary N) is 2. The van der Waals surface area contributed by atoms with Gasteiger partial charge >= 0.3 is 0 Å². The SMILES string of the molecule is CCNNCCCN(C)C. The first-order valence-electron chi connectivity index (χ1n) is 3.87. The summed E-state index contributed by atoms with van der Waals surface area (Å²) in [4.78, 5) is 2.19. The molecule has 0 heterocycles. The van der Waals surface area contributed by atoms with Crippen LogP contribution in [0.25, 0.3) is 0 Å². The molecule has 0 aromatic rings. The second kappa shape index (κ2) is 6.99. The van der Waals surface area contributed by atoms with E-state index < -0.39 is 0 Å². The predicted molar refractivity (Wildman–Crippen MR) is 44.9 cm³/mol. The number of rotatable bonds is 6. The molecule has 0 radical (unpaired) electrons. The quantitative estimate of drug-likeness (QED) is 0.408. The first-order chi connectivity index (χ1) is 4.77. The van der Waals surface area contributed by atoms with Crippen molar-refractivity contribution in [3.05, 3.63) is 0 Å². The second-order valence-electron chi connectivity index (χ2n) is 2.61. The molecule has 62 valence electrons. The fourth-order valence-corrected chi connectivity index (χ4v) is 0.697. The third-order valence-electron chi connectivity index (χ3n) is 1.21. The molecule has 0 saturated heterocycles. The molecule has 0 fully saturated rings. The number of hydrazine groups is 1. The van der Waals surface area contributed by atoms with Crippen LogP contribution in [0.2, 0.25) is 0 Å². The van der Waals surface area contributed by atoms with Crippen LogP contribution in [0.1, 0.15) is 13.3 Å². The van der Waals surface area contributed by atoms with Gasteiger partial charge in [0.25, 0.3) is 0 Å². The molecule has 0 spiro atoms. The Kier molecular flexibility index (Phi) is 6.91.